The van der Waals surface area contributed by atoms with Crippen molar-refractivity contribution in [1.29, 1.82) is 0 Å². The first kappa shape index (κ1) is 16.4. The van der Waals surface area contributed by atoms with E-state index in [2.05, 4.69) is 10.6 Å². The molecule has 1 atom stereocenters. The number of carbonyl (C=O) groups is 2. The standard InChI is InChI=1S/C15H20FN3O3/c16-12-4-1-3-11(9-12)14(21)15(22)18-5-2-7-19-8-6-17-13(20)10-19/h1,3-4,9,14,21H,2,5-8,10H2,(H,17,20)(H,18,22)/t14-/m0/s1. The minimum Gasteiger partial charge on any atom is -0.378 e. The molecule has 0 unspecified atom stereocenters. The summed E-state index contributed by atoms with van der Waals surface area (Å²) in [6.45, 7) is 2.90. The van der Waals surface area contributed by atoms with E-state index in [0.717, 1.165) is 12.6 Å². The first-order chi connectivity index (χ1) is 10.6. The molecule has 1 aromatic rings. The summed E-state index contributed by atoms with van der Waals surface area (Å²) in [5.41, 5.74) is 0.227. The van der Waals surface area contributed by atoms with Gasteiger partial charge in [-0.2, -0.15) is 0 Å². The summed E-state index contributed by atoms with van der Waals surface area (Å²) in [6.07, 6.45) is -0.703. The SMILES string of the molecule is O=C1CN(CCCNC(=O)[C@@H](O)c2cccc(F)c2)CCN1. The molecule has 0 aromatic heterocycles. The van der Waals surface area contributed by atoms with Crippen molar-refractivity contribution >= 4 is 11.8 Å². The summed E-state index contributed by atoms with van der Waals surface area (Å²) < 4.78 is 13.1. The fraction of sp³-hybridized carbons (Fsp3) is 0.467. The first-order valence-corrected chi connectivity index (χ1v) is 7.26. The lowest BCUT2D eigenvalue weighted by molar-refractivity contribution is -0.129. The molecule has 1 aliphatic heterocycles. The molecule has 22 heavy (non-hydrogen) atoms. The van der Waals surface area contributed by atoms with Crippen molar-refractivity contribution in [3.63, 3.8) is 0 Å². The van der Waals surface area contributed by atoms with E-state index in [4.69, 9.17) is 0 Å². The van der Waals surface area contributed by atoms with Gasteiger partial charge in [-0.05, 0) is 24.1 Å². The molecule has 6 nitrogen and oxygen atoms in total. The van der Waals surface area contributed by atoms with E-state index in [1.807, 2.05) is 4.90 Å². The summed E-state index contributed by atoms with van der Waals surface area (Å²) in [5.74, 6) is -1.04. The number of halogens is 1. The van der Waals surface area contributed by atoms with Gasteiger partial charge >= 0.3 is 0 Å². The zero-order chi connectivity index (χ0) is 15.9. The normalized spacial score (nSPS) is 16.9. The second-order valence-corrected chi connectivity index (χ2v) is 5.23. The van der Waals surface area contributed by atoms with E-state index in [1.54, 1.807) is 0 Å². The van der Waals surface area contributed by atoms with Gasteiger partial charge in [-0.15, -0.1) is 0 Å². The molecule has 0 spiro atoms. The molecular weight excluding hydrogens is 289 g/mol. The summed E-state index contributed by atoms with van der Waals surface area (Å²) in [7, 11) is 0. The Kier molecular flexibility index (Phi) is 5.85. The molecule has 2 rings (SSSR count). The molecule has 120 valence electrons. The summed E-state index contributed by atoms with van der Waals surface area (Å²) in [5, 5.41) is 15.2. The number of hydrogen-bond donors (Lipinski definition) is 3. The minimum atomic E-state index is -1.38. The van der Waals surface area contributed by atoms with Crippen LogP contribution in [0.25, 0.3) is 0 Å². The molecule has 1 fully saturated rings. The van der Waals surface area contributed by atoms with Gasteiger partial charge < -0.3 is 15.7 Å². The average molecular weight is 309 g/mol. The van der Waals surface area contributed by atoms with E-state index >= 15 is 0 Å². The third-order valence-corrected chi connectivity index (χ3v) is 3.48. The van der Waals surface area contributed by atoms with E-state index in [0.29, 0.717) is 32.6 Å². The third-order valence-electron chi connectivity index (χ3n) is 3.48. The number of amides is 2. The number of nitrogens with zero attached hydrogens (tertiary/aromatic N) is 1. The van der Waals surface area contributed by atoms with E-state index in [1.165, 1.54) is 18.2 Å². The summed E-state index contributed by atoms with van der Waals surface area (Å²) in [6, 6.07) is 5.34. The molecule has 1 heterocycles. The Morgan fingerprint density at radius 1 is 1.50 bits per heavy atom. The largest absolute Gasteiger partial charge is 0.378 e. The monoisotopic (exact) mass is 309 g/mol. The quantitative estimate of drug-likeness (QED) is 0.636. The number of benzene rings is 1. The first-order valence-electron chi connectivity index (χ1n) is 7.26. The van der Waals surface area contributed by atoms with Crippen molar-refractivity contribution < 1.29 is 19.1 Å². The van der Waals surface area contributed by atoms with E-state index < -0.39 is 17.8 Å². The Bertz CT molecular complexity index is 539. The van der Waals surface area contributed by atoms with Crippen LogP contribution in [0.1, 0.15) is 18.1 Å². The number of rotatable bonds is 6. The number of carbonyl (C=O) groups excluding carboxylic acids is 2. The molecule has 1 saturated heterocycles. The van der Waals surface area contributed by atoms with Gasteiger partial charge in [-0.25, -0.2) is 4.39 Å². The van der Waals surface area contributed by atoms with Gasteiger partial charge in [0.25, 0.3) is 5.91 Å². The Balaban J connectivity index is 1.70. The van der Waals surface area contributed by atoms with Crippen LogP contribution in [0.15, 0.2) is 24.3 Å². The van der Waals surface area contributed by atoms with Gasteiger partial charge in [-0.1, -0.05) is 12.1 Å². The van der Waals surface area contributed by atoms with Crippen molar-refractivity contribution in [1.82, 2.24) is 15.5 Å². The fourth-order valence-electron chi connectivity index (χ4n) is 2.32. The molecule has 3 N–H and O–H groups in total. The fourth-order valence-corrected chi connectivity index (χ4v) is 2.32. The zero-order valence-corrected chi connectivity index (χ0v) is 12.2. The van der Waals surface area contributed by atoms with Gasteiger partial charge in [-0.3, -0.25) is 14.5 Å². The topological polar surface area (TPSA) is 81.7 Å². The van der Waals surface area contributed by atoms with Crippen LogP contribution in [0, 0.1) is 5.82 Å². The van der Waals surface area contributed by atoms with Gasteiger partial charge in [0.2, 0.25) is 5.91 Å². The Morgan fingerprint density at radius 2 is 2.32 bits per heavy atom. The molecule has 0 aliphatic carbocycles. The smallest absolute Gasteiger partial charge is 0.253 e. The molecule has 0 saturated carbocycles. The molecule has 7 heteroatoms. The zero-order valence-electron chi connectivity index (χ0n) is 12.2. The molecule has 1 aromatic carbocycles. The van der Waals surface area contributed by atoms with Gasteiger partial charge in [0.05, 0.1) is 6.54 Å². The van der Waals surface area contributed by atoms with Crippen LogP contribution in [0.2, 0.25) is 0 Å². The maximum Gasteiger partial charge on any atom is 0.253 e. The number of nitrogens with one attached hydrogen (secondary N) is 2. The maximum atomic E-state index is 13.1. The Morgan fingerprint density at radius 3 is 3.05 bits per heavy atom. The highest BCUT2D eigenvalue weighted by atomic mass is 19.1. The van der Waals surface area contributed by atoms with Gasteiger partial charge in [0.15, 0.2) is 6.10 Å². The average Bonchev–Trinajstić information content (AvgIpc) is 2.50. The third kappa shape index (κ3) is 4.78. The maximum absolute atomic E-state index is 13.1. The van der Waals surface area contributed by atoms with Crippen molar-refractivity contribution in [2.24, 2.45) is 0 Å². The lowest BCUT2D eigenvalue weighted by atomic mass is 10.1. The lowest BCUT2D eigenvalue weighted by Crippen LogP contribution is -2.48. The van der Waals surface area contributed by atoms with Crippen LogP contribution >= 0.6 is 0 Å². The van der Waals surface area contributed by atoms with Crippen molar-refractivity contribution in [3.05, 3.63) is 35.6 Å². The predicted octanol–water partition coefficient (Wildman–Crippen LogP) is -0.203. The van der Waals surface area contributed by atoms with Crippen molar-refractivity contribution in [3.8, 4) is 0 Å². The Hall–Kier alpha value is -1.99. The van der Waals surface area contributed by atoms with Crippen molar-refractivity contribution in [2.45, 2.75) is 12.5 Å². The van der Waals surface area contributed by atoms with Crippen molar-refractivity contribution in [2.75, 3.05) is 32.7 Å². The molecule has 2 amide bonds. The van der Waals surface area contributed by atoms with Crippen LogP contribution in [-0.2, 0) is 9.59 Å². The van der Waals surface area contributed by atoms with E-state index in [9.17, 15) is 19.1 Å². The van der Waals surface area contributed by atoms with Crippen LogP contribution < -0.4 is 10.6 Å². The number of piperazine rings is 1. The molecular formula is C15H20FN3O3. The van der Waals surface area contributed by atoms with Crippen LogP contribution in [0.4, 0.5) is 4.39 Å². The Labute approximate surface area is 128 Å². The number of aliphatic hydroxyl groups excluding tert-OH is 1. The van der Waals surface area contributed by atoms with Crippen LogP contribution in [-0.4, -0.2) is 54.5 Å². The highest BCUT2D eigenvalue weighted by Crippen LogP contribution is 2.13. The number of aliphatic hydroxyl groups is 1. The minimum absolute atomic E-state index is 0.0109. The highest BCUT2D eigenvalue weighted by Gasteiger charge is 2.18. The lowest BCUT2D eigenvalue weighted by Gasteiger charge is -2.26. The summed E-state index contributed by atoms with van der Waals surface area (Å²) >= 11 is 0. The second kappa shape index (κ2) is 7.86. The predicted molar refractivity (Wildman–Crippen MR) is 78.4 cm³/mol. The molecule has 0 bridgehead atoms. The molecule has 0 radical (unpaired) electrons. The number of hydrogen-bond acceptors (Lipinski definition) is 4. The van der Waals surface area contributed by atoms with E-state index in [-0.39, 0.29) is 11.5 Å². The van der Waals surface area contributed by atoms with Crippen LogP contribution in [0.5, 0.6) is 0 Å². The second-order valence-electron chi connectivity index (χ2n) is 5.23. The summed E-state index contributed by atoms with van der Waals surface area (Å²) in [4.78, 5) is 25.0. The van der Waals surface area contributed by atoms with Gasteiger partial charge in [0.1, 0.15) is 5.82 Å². The van der Waals surface area contributed by atoms with Crippen LogP contribution in [0.3, 0.4) is 0 Å². The highest BCUT2D eigenvalue weighted by molar-refractivity contribution is 5.81. The molecule has 1 aliphatic rings. The van der Waals surface area contributed by atoms with Gasteiger partial charge in [0, 0.05) is 26.2 Å².